The maximum absolute atomic E-state index is 12.0. The number of carbonyl (C=O) groups excluding carboxylic acids is 1. The van der Waals surface area contributed by atoms with E-state index >= 15 is 0 Å². The molecular formula is C13H19N3O2. The summed E-state index contributed by atoms with van der Waals surface area (Å²) in [6.07, 6.45) is 4.80. The van der Waals surface area contributed by atoms with Crippen LogP contribution in [0.1, 0.15) is 41.9 Å². The molecule has 0 bridgehead atoms. The van der Waals surface area contributed by atoms with Crippen LogP contribution in [0.3, 0.4) is 0 Å². The van der Waals surface area contributed by atoms with Crippen LogP contribution in [-0.4, -0.2) is 41.1 Å². The van der Waals surface area contributed by atoms with E-state index in [4.69, 9.17) is 4.52 Å². The molecule has 0 aliphatic carbocycles. The van der Waals surface area contributed by atoms with Gasteiger partial charge in [-0.25, -0.2) is 0 Å². The Kier molecular flexibility index (Phi) is 3.07. The van der Waals surface area contributed by atoms with Gasteiger partial charge in [-0.1, -0.05) is 11.6 Å². The Morgan fingerprint density at radius 3 is 3.11 bits per heavy atom. The maximum Gasteiger partial charge on any atom is 0.290 e. The lowest BCUT2D eigenvalue weighted by Crippen LogP contribution is -2.46. The Bertz CT molecular complexity index is 443. The lowest BCUT2D eigenvalue weighted by molar-refractivity contribution is 0.0878. The number of aryl methyl sites for hydroxylation is 1. The lowest BCUT2D eigenvalue weighted by Gasteiger charge is -2.32. The topological polar surface area (TPSA) is 58.4 Å². The molecule has 2 aliphatic heterocycles. The number of rotatable bonds is 2. The number of nitrogens with one attached hydrogen (secondary N) is 1. The zero-order valence-corrected chi connectivity index (χ0v) is 10.7. The van der Waals surface area contributed by atoms with Crippen LogP contribution in [0.2, 0.25) is 0 Å². The monoisotopic (exact) mass is 249 g/mol. The molecule has 2 aliphatic rings. The molecule has 1 amide bonds. The van der Waals surface area contributed by atoms with Crippen molar-refractivity contribution < 1.29 is 9.32 Å². The summed E-state index contributed by atoms with van der Waals surface area (Å²) in [6, 6.07) is 2.47. The molecule has 3 heterocycles. The van der Waals surface area contributed by atoms with E-state index in [0.717, 1.165) is 18.7 Å². The minimum absolute atomic E-state index is 0.131. The van der Waals surface area contributed by atoms with E-state index in [1.165, 1.54) is 25.8 Å². The molecule has 0 aromatic carbocycles. The van der Waals surface area contributed by atoms with Gasteiger partial charge < -0.3 is 9.84 Å². The standard InChI is InChI=1S/C13H19N3O2/c1-9-8-12(18-15-9)13(17)14-10-5-7-16-6-3-2-4-11(10)16/h8,10-11H,2-7H2,1H3,(H,14,17). The van der Waals surface area contributed by atoms with E-state index in [1.807, 2.05) is 6.92 Å². The zero-order valence-electron chi connectivity index (χ0n) is 10.7. The molecule has 98 valence electrons. The number of hydrogen-bond acceptors (Lipinski definition) is 4. The van der Waals surface area contributed by atoms with Crippen LogP contribution in [0.5, 0.6) is 0 Å². The van der Waals surface area contributed by atoms with Gasteiger partial charge >= 0.3 is 0 Å². The minimum atomic E-state index is -0.131. The predicted octanol–water partition coefficient (Wildman–Crippen LogP) is 1.34. The van der Waals surface area contributed by atoms with Gasteiger partial charge in [0.2, 0.25) is 5.76 Å². The summed E-state index contributed by atoms with van der Waals surface area (Å²) in [7, 11) is 0. The first kappa shape index (κ1) is 11.7. The highest BCUT2D eigenvalue weighted by molar-refractivity contribution is 5.91. The van der Waals surface area contributed by atoms with Crippen molar-refractivity contribution in [2.24, 2.45) is 0 Å². The highest BCUT2D eigenvalue weighted by atomic mass is 16.5. The van der Waals surface area contributed by atoms with Gasteiger partial charge in [0.05, 0.1) is 5.69 Å². The van der Waals surface area contributed by atoms with Crippen molar-refractivity contribution in [2.75, 3.05) is 13.1 Å². The smallest absolute Gasteiger partial charge is 0.290 e. The molecule has 0 spiro atoms. The van der Waals surface area contributed by atoms with Crippen molar-refractivity contribution in [1.29, 1.82) is 0 Å². The van der Waals surface area contributed by atoms with Gasteiger partial charge in [0.1, 0.15) is 0 Å². The van der Waals surface area contributed by atoms with Gasteiger partial charge in [0, 0.05) is 24.7 Å². The van der Waals surface area contributed by atoms with E-state index in [0.29, 0.717) is 11.8 Å². The first-order chi connectivity index (χ1) is 8.74. The number of hydrogen-bond donors (Lipinski definition) is 1. The third kappa shape index (κ3) is 2.14. The molecule has 0 radical (unpaired) electrons. The van der Waals surface area contributed by atoms with Crippen LogP contribution in [0, 0.1) is 6.92 Å². The van der Waals surface area contributed by atoms with Crippen molar-refractivity contribution in [3.8, 4) is 0 Å². The first-order valence-corrected chi connectivity index (χ1v) is 6.72. The van der Waals surface area contributed by atoms with E-state index in [2.05, 4.69) is 15.4 Å². The van der Waals surface area contributed by atoms with Crippen LogP contribution in [0.25, 0.3) is 0 Å². The fraction of sp³-hybridized carbons (Fsp3) is 0.692. The fourth-order valence-corrected chi connectivity index (χ4v) is 3.13. The van der Waals surface area contributed by atoms with Crippen molar-refractivity contribution >= 4 is 5.91 Å². The summed E-state index contributed by atoms with van der Waals surface area (Å²) in [4.78, 5) is 14.5. The van der Waals surface area contributed by atoms with Crippen molar-refractivity contribution in [3.05, 3.63) is 17.5 Å². The van der Waals surface area contributed by atoms with E-state index in [1.54, 1.807) is 6.07 Å². The molecule has 2 fully saturated rings. The molecule has 2 unspecified atom stereocenters. The Hall–Kier alpha value is -1.36. The van der Waals surface area contributed by atoms with Crippen LogP contribution in [0.4, 0.5) is 0 Å². The second-order valence-electron chi connectivity index (χ2n) is 5.30. The van der Waals surface area contributed by atoms with Crippen molar-refractivity contribution in [3.63, 3.8) is 0 Å². The molecule has 5 heteroatoms. The van der Waals surface area contributed by atoms with Crippen LogP contribution in [-0.2, 0) is 0 Å². The highest BCUT2D eigenvalue weighted by Crippen LogP contribution is 2.27. The summed E-state index contributed by atoms with van der Waals surface area (Å²) in [5.74, 6) is 0.190. The molecule has 18 heavy (non-hydrogen) atoms. The first-order valence-electron chi connectivity index (χ1n) is 6.72. The van der Waals surface area contributed by atoms with E-state index in [9.17, 15) is 4.79 Å². The second kappa shape index (κ2) is 4.72. The predicted molar refractivity (Wildman–Crippen MR) is 66.3 cm³/mol. The number of fused-ring (bicyclic) bond motifs is 1. The highest BCUT2D eigenvalue weighted by Gasteiger charge is 2.36. The zero-order chi connectivity index (χ0) is 12.5. The SMILES string of the molecule is Cc1cc(C(=O)NC2CCN3CCCCC23)on1. The van der Waals surface area contributed by atoms with Gasteiger partial charge in [-0.15, -0.1) is 0 Å². The normalized spacial score (nSPS) is 28.1. The summed E-state index contributed by atoms with van der Waals surface area (Å²) in [5.41, 5.74) is 0.742. The van der Waals surface area contributed by atoms with Crippen molar-refractivity contribution in [2.45, 2.75) is 44.7 Å². The molecule has 2 saturated heterocycles. The number of amides is 1. The Morgan fingerprint density at radius 2 is 2.33 bits per heavy atom. The van der Waals surface area contributed by atoms with Crippen LogP contribution in [0.15, 0.2) is 10.6 Å². The Balaban J connectivity index is 1.64. The molecule has 0 saturated carbocycles. The fourth-order valence-electron chi connectivity index (χ4n) is 3.13. The average molecular weight is 249 g/mol. The molecule has 1 aromatic rings. The third-order valence-corrected chi connectivity index (χ3v) is 4.02. The van der Waals surface area contributed by atoms with E-state index in [-0.39, 0.29) is 11.9 Å². The molecule has 5 nitrogen and oxygen atoms in total. The second-order valence-corrected chi connectivity index (χ2v) is 5.30. The van der Waals surface area contributed by atoms with Gasteiger partial charge in [-0.05, 0) is 32.7 Å². The number of piperidine rings is 1. The Labute approximate surface area is 107 Å². The quantitative estimate of drug-likeness (QED) is 0.859. The van der Waals surface area contributed by atoms with Crippen LogP contribution < -0.4 is 5.32 Å². The lowest BCUT2D eigenvalue weighted by atomic mass is 9.99. The molecular weight excluding hydrogens is 230 g/mol. The Morgan fingerprint density at radius 1 is 1.44 bits per heavy atom. The number of carbonyl (C=O) groups is 1. The van der Waals surface area contributed by atoms with Gasteiger partial charge in [0.15, 0.2) is 0 Å². The number of aromatic nitrogens is 1. The van der Waals surface area contributed by atoms with Crippen LogP contribution >= 0.6 is 0 Å². The largest absolute Gasteiger partial charge is 0.351 e. The average Bonchev–Trinajstić information content (AvgIpc) is 2.97. The van der Waals surface area contributed by atoms with Crippen molar-refractivity contribution in [1.82, 2.24) is 15.4 Å². The van der Waals surface area contributed by atoms with E-state index < -0.39 is 0 Å². The molecule has 3 rings (SSSR count). The number of nitrogens with zero attached hydrogens (tertiary/aromatic N) is 2. The summed E-state index contributed by atoms with van der Waals surface area (Å²) >= 11 is 0. The summed E-state index contributed by atoms with van der Waals surface area (Å²) in [5, 5.41) is 6.84. The summed E-state index contributed by atoms with van der Waals surface area (Å²) < 4.78 is 5.00. The molecule has 1 N–H and O–H groups in total. The van der Waals surface area contributed by atoms with Gasteiger partial charge in [-0.3, -0.25) is 9.69 Å². The third-order valence-electron chi connectivity index (χ3n) is 4.02. The summed E-state index contributed by atoms with van der Waals surface area (Å²) in [6.45, 7) is 4.10. The maximum atomic E-state index is 12.0. The minimum Gasteiger partial charge on any atom is -0.351 e. The van der Waals surface area contributed by atoms with Gasteiger partial charge in [0.25, 0.3) is 5.91 Å². The van der Waals surface area contributed by atoms with Gasteiger partial charge in [-0.2, -0.15) is 0 Å². The molecule has 2 atom stereocenters. The molecule has 1 aromatic heterocycles.